The second-order valence-corrected chi connectivity index (χ2v) is 5.38. The topological polar surface area (TPSA) is 36.9 Å². The fourth-order valence-corrected chi connectivity index (χ4v) is 2.15. The van der Waals surface area contributed by atoms with Crippen LogP contribution < -0.4 is 0 Å². The van der Waals surface area contributed by atoms with Crippen molar-refractivity contribution < 1.29 is 36.0 Å². The van der Waals surface area contributed by atoms with Crippen LogP contribution in [0.5, 0.6) is 0 Å². The van der Waals surface area contributed by atoms with Crippen LogP contribution in [0.4, 0.5) is 0 Å². The summed E-state index contributed by atoms with van der Waals surface area (Å²) in [5.74, 6) is 0. The van der Waals surface area contributed by atoms with Crippen molar-refractivity contribution in [3.8, 4) is 0 Å². The van der Waals surface area contributed by atoms with E-state index in [0.717, 1.165) is 77.8 Å². The number of ether oxygens (including phenoxy) is 4. The molecule has 0 saturated heterocycles. The predicted octanol–water partition coefficient (Wildman–Crippen LogP) is 5.18. The average molecular weight is 417 g/mol. The van der Waals surface area contributed by atoms with Crippen LogP contribution in [0, 0.1) is 13.8 Å². The zero-order chi connectivity index (χ0) is 18.5. The van der Waals surface area contributed by atoms with E-state index in [1.54, 1.807) is 0 Å². The Labute approximate surface area is 186 Å². The molecule has 0 heterocycles. The number of rotatable bonds is 16. The summed E-state index contributed by atoms with van der Waals surface area (Å²) in [5, 5.41) is 0. The van der Waals surface area contributed by atoms with E-state index in [4.69, 9.17) is 18.9 Å². The Morgan fingerprint density at radius 2 is 0.846 bits per heavy atom. The van der Waals surface area contributed by atoms with E-state index < -0.39 is 0 Å². The minimum absolute atomic E-state index is 0. The van der Waals surface area contributed by atoms with Crippen molar-refractivity contribution in [1.82, 2.24) is 0 Å². The molecule has 0 saturated carbocycles. The largest absolute Gasteiger partial charge is 2.00 e. The van der Waals surface area contributed by atoms with Gasteiger partial charge in [-0.25, -0.2) is 0 Å². The first-order valence-corrected chi connectivity index (χ1v) is 9.74. The van der Waals surface area contributed by atoms with Crippen LogP contribution in [0.15, 0.2) is 0 Å². The van der Waals surface area contributed by atoms with Gasteiger partial charge in [-0.15, -0.1) is 0 Å². The van der Waals surface area contributed by atoms with Crippen LogP contribution in [0.2, 0.25) is 0 Å². The van der Waals surface area contributed by atoms with Crippen LogP contribution in [0.3, 0.4) is 0 Å². The van der Waals surface area contributed by atoms with Gasteiger partial charge >= 0.3 is 17.1 Å². The van der Waals surface area contributed by atoms with Gasteiger partial charge in [0.25, 0.3) is 0 Å². The molecule has 0 atom stereocenters. The van der Waals surface area contributed by atoms with Crippen molar-refractivity contribution in [2.45, 2.75) is 91.6 Å². The van der Waals surface area contributed by atoms with Crippen molar-refractivity contribution >= 4 is 18.9 Å². The van der Waals surface area contributed by atoms with Crippen LogP contribution in [0.25, 0.3) is 0 Å². The SMILES string of the molecule is [CH2-]CCCCC(OCC)OCC.[CH2-]CCCCC(OCC)OCC.[Cu+2].[Li]. The van der Waals surface area contributed by atoms with Crippen molar-refractivity contribution in [3.63, 3.8) is 0 Å². The average Bonchev–Trinajstić information content (AvgIpc) is 2.57. The zero-order valence-electron chi connectivity index (χ0n) is 18.0. The number of unbranched alkanes of at least 4 members (excludes halogenated alkanes) is 4. The Bertz CT molecular complexity index is 190. The van der Waals surface area contributed by atoms with Gasteiger partial charge in [-0.2, -0.15) is 12.8 Å². The van der Waals surface area contributed by atoms with Gasteiger partial charge in [0.2, 0.25) is 0 Å². The molecule has 0 aromatic rings. The molecule has 0 rings (SSSR count). The summed E-state index contributed by atoms with van der Waals surface area (Å²) in [4.78, 5) is 0. The summed E-state index contributed by atoms with van der Waals surface area (Å²) in [6.45, 7) is 18.5. The minimum Gasteiger partial charge on any atom is -0.353 e. The summed E-state index contributed by atoms with van der Waals surface area (Å²) < 4.78 is 21.5. The molecule has 6 heteroatoms. The molecule has 158 valence electrons. The third-order valence-corrected chi connectivity index (χ3v) is 3.29. The van der Waals surface area contributed by atoms with E-state index in [0.29, 0.717) is 0 Å². The zero-order valence-corrected chi connectivity index (χ0v) is 18.9. The van der Waals surface area contributed by atoms with Crippen molar-refractivity contribution in [1.29, 1.82) is 0 Å². The van der Waals surface area contributed by atoms with Gasteiger partial charge in [-0.3, -0.25) is 0 Å². The molecule has 26 heavy (non-hydrogen) atoms. The molecule has 0 bridgehead atoms. The van der Waals surface area contributed by atoms with Crippen molar-refractivity contribution in [2.24, 2.45) is 0 Å². The monoisotopic (exact) mass is 416 g/mol. The molecule has 4 nitrogen and oxygen atoms in total. The molecule has 0 unspecified atom stereocenters. The molecule has 2 radical (unpaired) electrons. The molecule has 0 amide bonds. The number of hydrogen-bond acceptors (Lipinski definition) is 4. The van der Waals surface area contributed by atoms with E-state index in [1.165, 1.54) is 0 Å². The van der Waals surface area contributed by atoms with Gasteiger partial charge in [-0.05, 0) is 40.5 Å². The molecule has 0 spiro atoms. The van der Waals surface area contributed by atoms with Crippen LogP contribution in [-0.4, -0.2) is 57.9 Å². The molecule has 0 aromatic carbocycles. The number of hydrogen-bond donors (Lipinski definition) is 0. The maximum atomic E-state index is 5.39. The van der Waals surface area contributed by atoms with Gasteiger partial charge in [0.1, 0.15) is 0 Å². The summed E-state index contributed by atoms with van der Waals surface area (Å²) >= 11 is 0. The predicted molar refractivity (Wildman–Crippen MR) is 107 cm³/mol. The maximum absolute atomic E-state index is 5.39. The first kappa shape index (κ1) is 34.5. The Balaban J connectivity index is -0.000000173. The Kier molecular flexibility index (Phi) is 40.7. The summed E-state index contributed by atoms with van der Waals surface area (Å²) in [5.41, 5.74) is 0. The third-order valence-electron chi connectivity index (χ3n) is 3.29. The molecular formula is C20H42CuLiO4. The van der Waals surface area contributed by atoms with Gasteiger partial charge in [-0.1, -0.05) is 25.7 Å². The Morgan fingerprint density at radius 1 is 0.577 bits per heavy atom. The molecular weight excluding hydrogens is 375 g/mol. The second kappa shape index (κ2) is 30.7. The molecule has 0 N–H and O–H groups in total. The minimum atomic E-state index is 0. The summed E-state index contributed by atoms with van der Waals surface area (Å²) in [6.07, 6.45) is 8.64. The summed E-state index contributed by atoms with van der Waals surface area (Å²) in [7, 11) is 0. The summed E-state index contributed by atoms with van der Waals surface area (Å²) in [6, 6.07) is 0. The van der Waals surface area contributed by atoms with E-state index in [2.05, 4.69) is 13.8 Å². The van der Waals surface area contributed by atoms with Gasteiger partial charge in [0.05, 0.1) is 0 Å². The van der Waals surface area contributed by atoms with E-state index in [1.807, 2.05) is 27.7 Å². The second-order valence-electron chi connectivity index (χ2n) is 5.38. The fourth-order valence-electron chi connectivity index (χ4n) is 2.15. The molecule has 0 aliphatic carbocycles. The Hall–Kier alpha value is 0.957. The normalized spacial score (nSPS) is 10.2. The fraction of sp³-hybridized carbons (Fsp3) is 0.900. The first-order valence-electron chi connectivity index (χ1n) is 9.74. The van der Waals surface area contributed by atoms with Gasteiger partial charge in [0.15, 0.2) is 12.6 Å². The third kappa shape index (κ3) is 27.2. The smallest absolute Gasteiger partial charge is 0.353 e. The van der Waals surface area contributed by atoms with Crippen LogP contribution in [-0.2, 0) is 36.0 Å². The molecule has 0 fully saturated rings. The van der Waals surface area contributed by atoms with E-state index in [-0.39, 0.29) is 48.5 Å². The molecule has 0 aromatic heterocycles. The van der Waals surface area contributed by atoms with Crippen LogP contribution in [0.1, 0.15) is 79.1 Å². The van der Waals surface area contributed by atoms with Gasteiger partial charge < -0.3 is 32.8 Å². The van der Waals surface area contributed by atoms with Crippen LogP contribution >= 0.6 is 0 Å². The first-order chi connectivity index (χ1) is 11.7. The van der Waals surface area contributed by atoms with Crippen molar-refractivity contribution in [3.05, 3.63) is 13.8 Å². The van der Waals surface area contributed by atoms with Crippen molar-refractivity contribution in [2.75, 3.05) is 26.4 Å². The van der Waals surface area contributed by atoms with E-state index in [9.17, 15) is 0 Å². The molecule has 0 aliphatic heterocycles. The quantitative estimate of drug-likeness (QED) is 0.150. The van der Waals surface area contributed by atoms with E-state index >= 15 is 0 Å². The standard InChI is InChI=1S/2C10H21O2.Cu.Li/c2*1-4-7-8-9-10(11-5-2)12-6-3;;/h2*10H,1,4-9H2,2-3H3;;/q2*-1;+2;. The maximum Gasteiger partial charge on any atom is 2.00 e. The molecule has 0 aliphatic rings. The van der Waals surface area contributed by atoms with Gasteiger partial charge in [0, 0.05) is 45.3 Å². The Morgan fingerprint density at radius 3 is 1.04 bits per heavy atom.